The topological polar surface area (TPSA) is 51.0 Å². The van der Waals surface area contributed by atoms with Crippen molar-refractivity contribution in [3.8, 4) is 0 Å². The molecule has 0 bridgehead atoms. The summed E-state index contributed by atoms with van der Waals surface area (Å²) in [6.07, 6.45) is 1.31. The first kappa shape index (κ1) is 11.6. The average Bonchev–Trinajstić information content (AvgIpc) is 2.74. The molecule has 2 aromatic rings. The van der Waals surface area contributed by atoms with Crippen molar-refractivity contribution in [2.75, 3.05) is 0 Å². The smallest absolute Gasteiger partial charge is 0.213 e. The molecule has 0 saturated carbocycles. The minimum Gasteiger partial charge on any atom is -0.343 e. The number of aromatic nitrogens is 2. The molecular formula is C10H9BrClN3O. The summed E-state index contributed by atoms with van der Waals surface area (Å²) in [6.45, 7) is 1.29. The van der Waals surface area contributed by atoms with Crippen LogP contribution >= 0.6 is 27.5 Å². The first-order chi connectivity index (χ1) is 7.75. The van der Waals surface area contributed by atoms with Crippen LogP contribution in [0.1, 0.15) is 11.4 Å². The minimum absolute atomic E-state index is 0.575. The summed E-state index contributed by atoms with van der Waals surface area (Å²) >= 11 is 9.30. The van der Waals surface area contributed by atoms with Gasteiger partial charge in [-0.2, -0.15) is 4.98 Å². The monoisotopic (exact) mass is 301 g/mol. The van der Waals surface area contributed by atoms with E-state index in [1.807, 2.05) is 18.2 Å². The van der Waals surface area contributed by atoms with Crippen molar-refractivity contribution in [2.24, 2.45) is 0 Å². The maximum Gasteiger partial charge on any atom is 0.213 e. The Morgan fingerprint density at radius 1 is 1.38 bits per heavy atom. The van der Waals surface area contributed by atoms with Crippen LogP contribution in [-0.4, -0.2) is 10.1 Å². The summed E-state index contributed by atoms with van der Waals surface area (Å²) in [6, 6.07) is 5.69. The summed E-state index contributed by atoms with van der Waals surface area (Å²) in [5.41, 5.74) is 1.13. The molecule has 0 radical (unpaired) electrons. The van der Waals surface area contributed by atoms with E-state index in [0.717, 1.165) is 10.0 Å². The first-order valence-corrected chi connectivity index (χ1v) is 5.82. The highest BCUT2D eigenvalue weighted by Crippen LogP contribution is 2.21. The fourth-order valence-corrected chi connectivity index (χ4v) is 2.07. The van der Waals surface area contributed by atoms with Gasteiger partial charge in [0.05, 0.1) is 6.54 Å². The van der Waals surface area contributed by atoms with E-state index >= 15 is 0 Å². The third-order valence-corrected chi connectivity index (χ3v) is 2.99. The van der Waals surface area contributed by atoms with E-state index in [0.29, 0.717) is 23.9 Å². The maximum absolute atomic E-state index is 5.85. The Bertz CT molecular complexity index is 461. The zero-order valence-electron chi connectivity index (χ0n) is 8.28. The summed E-state index contributed by atoms with van der Waals surface area (Å²) in [5.74, 6) is 0.644. The number of nitrogens with one attached hydrogen (secondary N) is 1. The van der Waals surface area contributed by atoms with Crippen LogP contribution in [0, 0.1) is 0 Å². The van der Waals surface area contributed by atoms with Crippen molar-refractivity contribution in [1.29, 1.82) is 0 Å². The van der Waals surface area contributed by atoms with Gasteiger partial charge in [0.1, 0.15) is 0 Å². The number of nitrogens with zero attached hydrogens (tertiary/aromatic N) is 2. The normalized spacial score (nSPS) is 10.6. The van der Waals surface area contributed by atoms with E-state index in [1.165, 1.54) is 6.39 Å². The zero-order valence-corrected chi connectivity index (χ0v) is 10.6. The van der Waals surface area contributed by atoms with E-state index in [9.17, 15) is 0 Å². The van der Waals surface area contributed by atoms with E-state index in [4.69, 9.17) is 11.6 Å². The molecule has 1 heterocycles. The maximum atomic E-state index is 5.85. The molecule has 1 aromatic heterocycles. The number of benzene rings is 1. The predicted octanol–water partition coefficient (Wildman–Crippen LogP) is 2.78. The lowest BCUT2D eigenvalue weighted by atomic mass is 10.2. The van der Waals surface area contributed by atoms with Crippen LogP contribution in [0.5, 0.6) is 0 Å². The highest BCUT2D eigenvalue weighted by Gasteiger charge is 2.02. The van der Waals surface area contributed by atoms with Crippen molar-refractivity contribution in [1.82, 2.24) is 15.5 Å². The van der Waals surface area contributed by atoms with Crippen LogP contribution in [0.2, 0.25) is 5.02 Å². The Labute approximate surface area is 106 Å². The highest BCUT2D eigenvalue weighted by atomic mass is 79.9. The molecule has 2 rings (SSSR count). The lowest BCUT2D eigenvalue weighted by Gasteiger charge is -2.05. The number of rotatable bonds is 4. The molecule has 0 aliphatic rings. The van der Waals surface area contributed by atoms with E-state index < -0.39 is 0 Å². The second kappa shape index (κ2) is 5.43. The van der Waals surface area contributed by atoms with E-state index in [2.05, 4.69) is 35.9 Å². The molecule has 1 N–H and O–H groups in total. The third-order valence-electron chi connectivity index (χ3n) is 2.02. The SMILES string of the molecule is Clc1ccc(CNCc2ncon2)c(Br)c1. The molecule has 0 unspecified atom stereocenters. The van der Waals surface area contributed by atoms with Gasteiger partial charge in [-0.1, -0.05) is 38.8 Å². The molecule has 0 saturated heterocycles. The van der Waals surface area contributed by atoms with Crippen LogP contribution in [0.25, 0.3) is 0 Å². The van der Waals surface area contributed by atoms with Crippen molar-refractivity contribution < 1.29 is 4.52 Å². The molecule has 4 nitrogen and oxygen atoms in total. The van der Waals surface area contributed by atoms with Gasteiger partial charge < -0.3 is 9.84 Å². The molecule has 0 aliphatic heterocycles. The summed E-state index contributed by atoms with van der Waals surface area (Å²) in [7, 11) is 0. The Balaban J connectivity index is 1.90. The van der Waals surface area contributed by atoms with Crippen molar-refractivity contribution in [2.45, 2.75) is 13.1 Å². The van der Waals surface area contributed by atoms with Gasteiger partial charge in [0.2, 0.25) is 6.39 Å². The summed E-state index contributed by atoms with van der Waals surface area (Å²) < 4.78 is 5.62. The molecular weight excluding hydrogens is 293 g/mol. The van der Waals surface area contributed by atoms with Gasteiger partial charge >= 0.3 is 0 Å². The average molecular weight is 303 g/mol. The molecule has 16 heavy (non-hydrogen) atoms. The zero-order chi connectivity index (χ0) is 11.4. The molecule has 0 amide bonds. The third kappa shape index (κ3) is 3.04. The molecule has 1 aromatic carbocycles. The van der Waals surface area contributed by atoms with Crippen LogP contribution in [0.4, 0.5) is 0 Å². The first-order valence-electron chi connectivity index (χ1n) is 4.65. The lowest BCUT2D eigenvalue weighted by molar-refractivity contribution is 0.407. The summed E-state index contributed by atoms with van der Waals surface area (Å²) in [5, 5.41) is 7.63. The van der Waals surface area contributed by atoms with Crippen LogP contribution in [-0.2, 0) is 13.1 Å². The Morgan fingerprint density at radius 3 is 2.94 bits per heavy atom. The van der Waals surface area contributed by atoms with Crippen molar-refractivity contribution >= 4 is 27.5 Å². The van der Waals surface area contributed by atoms with E-state index in [-0.39, 0.29) is 0 Å². The lowest BCUT2D eigenvalue weighted by Crippen LogP contribution is -2.13. The molecule has 0 aliphatic carbocycles. The van der Waals surface area contributed by atoms with Gasteiger partial charge in [0, 0.05) is 16.0 Å². The Hall–Kier alpha value is -0.910. The Kier molecular flexibility index (Phi) is 3.93. The van der Waals surface area contributed by atoms with E-state index in [1.54, 1.807) is 0 Å². The molecule has 0 spiro atoms. The minimum atomic E-state index is 0.575. The van der Waals surface area contributed by atoms with Gasteiger partial charge in [-0.15, -0.1) is 0 Å². The van der Waals surface area contributed by atoms with Gasteiger partial charge in [0.15, 0.2) is 5.82 Å². The van der Waals surface area contributed by atoms with Gasteiger partial charge in [0.25, 0.3) is 0 Å². The Morgan fingerprint density at radius 2 is 2.25 bits per heavy atom. The fraction of sp³-hybridized carbons (Fsp3) is 0.200. The van der Waals surface area contributed by atoms with Crippen LogP contribution in [0.15, 0.2) is 33.6 Å². The number of hydrogen-bond donors (Lipinski definition) is 1. The van der Waals surface area contributed by atoms with Gasteiger partial charge in [-0.25, -0.2) is 0 Å². The predicted molar refractivity (Wildman–Crippen MR) is 64.0 cm³/mol. The fourth-order valence-electron chi connectivity index (χ4n) is 1.24. The van der Waals surface area contributed by atoms with Crippen molar-refractivity contribution in [3.05, 3.63) is 45.5 Å². The second-order valence-electron chi connectivity index (χ2n) is 3.19. The van der Waals surface area contributed by atoms with Crippen molar-refractivity contribution in [3.63, 3.8) is 0 Å². The van der Waals surface area contributed by atoms with Crippen LogP contribution in [0.3, 0.4) is 0 Å². The molecule has 84 valence electrons. The molecule has 0 fully saturated rings. The summed E-state index contributed by atoms with van der Waals surface area (Å²) in [4.78, 5) is 3.91. The molecule has 0 atom stereocenters. The number of halogens is 2. The standard InChI is InChI=1S/C10H9BrClN3O/c11-9-3-8(12)2-1-7(9)4-13-5-10-14-6-16-15-10/h1-3,6,13H,4-5H2. The second-order valence-corrected chi connectivity index (χ2v) is 4.48. The van der Waals surface area contributed by atoms with Gasteiger partial charge in [-0.3, -0.25) is 0 Å². The molecule has 6 heteroatoms. The highest BCUT2D eigenvalue weighted by molar-refractivity contribution is 9.10. The number of hydrogen-bond acceptors (Lipinski definition) is 4. The van der Waals surface area contributed by atoms with Crippen LogP contribution < -0.4 is 5.32 Å². The quantitative estimate of drug-likeness (QED) is 0.943. The largest absolute Gasteiger partial charge is 0.343 e. The van der Waals surface area contributed by atoms with Gasteiger partial charge in [-0.05, 0) is 17.7 Å².